The van der Waals surface area contributed by atoms with Crippen molar-refractivity contribution in [2.45, 2.75) is 0 Å². The minimum atomic E-state index is -0.531. The molecule has 3 aromatic rings. The molecular formula is C19H18N6O4. The Labute approximate surface area is 165 Å². The Morgan fingerprint density at radius 1 is 1.07 bits per heavy atom. The highest BCUT2D eigenvalue weighted by Crippen LogP contribution is 2.25. The van der Waals surface area contributed by atoms with Crippen LogP contribution in [0.25, 0.3) is 5.69 Å². The zero-order valence-electron chi connectivity index (χ0n) is 15.4. The fraction of sp³-hybridized carbons (Fsp3) is 0.211. The van der Waals surface area contributed by atoms with Crippen LogP contribution in [0.2, 0.25) is 0 Å². The molecule has 0 unspecified atom stereocenters. The van der Waals surface area contributed by atoms with E-state index >= 15 is 0 Å². The van der Waals surface area contributed by atoms with E-state index in [1.54, 1.807) is 23.1 Å². The van der Waals surface area contributed by atoms with E-state index in [4.69, 9.17) is 0 Å². The number of phenols is 1. The highest BCUT2D eigenvalue weighted by Gasteiger charge is 2.25. The molecule has 1 N–H and O–H groups in total. The van der Waals surface area contributed by atoms with Crippen molar-refractivity contribution in [2.24, 2.45) is 0 Å². The van der Waals surface area contributed by atoms with Crippen molar-refractivity contribution in [3.8, 4) is 11.4 Å². The van der Waals surface area contributed by atoms with E-state index in [0.717, 1.165) is 5.69 Å². The van der Waals surface area contributed by atoms with E-state index in [-0.39, 0.29) is 28.6 Å². The first-order valence-electron chi connectivity index (χ1n) is 8.99. The monoisotopic (exact) mass is 394 g/mol. The van der Waals surface area contributed by atoms with Gasteiger partial charge in [-0.15, -0.1) is 0 Å². The second-order valence-corrected chi connectivity index (χ2v) is 6.60. The van der Waals surface area contributed by atoms with Crippen LogP contribution < -0.4 is 4.90 Å². The molecule has 0 radical (unpaired) electrons. The summed E-state index contributed by atoms with van der Waals surface area (Å²) >= 11 is 0. The predicted molar refractivity (Wildman–Crippen MR) is 104 cm³/mol. The fourth-order valence-electron chi connectivity index (χ4n) is 3.34. The maximum atomic E-state index is 12.9. The molecule has 0 spiro atoms. The van der Waals surface area contributed by atoms with Crippen LogP contribution in [0.5, 0.6) is 5.75 Å². The number of nitrogens with zero attached hydrogens (tertiary/aromatic N) is 6. The number of amides is 1. The van der Waals surface area contributed by atoms with E-state index in [1.165, 1.54) is 29.5 Å². The van der Waals surface area contributed by atoms with E-state index in [0.29, 0.717) is 26.2 Å². The molecule has 1 aromatic heterocycles. The number of carbonyl (C=O) groups excluding carboxylic acids is 1. The SMILES string of the molecule is O=C(c1ccc(-n2cncn2)c([N+](=O)[O-])c1)N1CCN(c2ccc(O)cc2)CC1. The fourth-order valence-corrected chi connectivity index (χ4v) is 3.34. The van der Waals surface area contributed by atoms with Gasteiger partial charge in [-0.05, 0) is 36.4 Å². The zero-order chi connectivity index (χ0) is 20.4. The lowest BCUT2D eigenvalue weighted by Gasteiger charge is -2.36. The van der Waals surface area contributed by atoms with Gasteiger partial charge in [-0.2, -0.15) is 5.10 Å². The summed E-state index contributed by atoms with van der Waals surface area (Å²) in [6, 6.07) is 11.3. The van der Waals surface area contributed by atoms with Crippen LogP contribution in [0.3, 0.4) is 0 Å². The summed E-state index contributed by atoms with van der Waals surface area (Å²) < 4.78 is 1.29. The summed E-state index contributed by atoms with van der Waals surface area (Å²) in [5.41, 5.74) is 1.28. The number of nitro benzene ring substituents is 1. The number of piperazine rings is 1. The minimum Gasteiger partial charge on any atom is -0.508 e. The summed E-state index contributed by atoms with van der Waals surface area (Å²) in [6.07, 6.45) is 2.66. The average molecular weight is 394 g/mol. The van der Waals surface area contributed by atoms with Crippen LogP contribution in [0.15, 0.2) is 55.1 Å². The molecule has 1 saturated heterocycles. The number of phenolic OH excluding ortho intramolecular Hbond substituents is 1. The van der Waals surface area contributed by atoms with E-state index < -0.39 is 4.92 Å². The van der Waals surface area contributed by atoms with Crippen molar-refractivity contribution in [2.75, 3.05) is 31.1 Å². The van der Waals surface area contributed by atoms with Crippen molar-refractivity contribution >= 4 is 17.3 Å². The van der Waals surface area contributed by atoms with Crippen molar-refractivity contribution in [1.29, 1.82) is 0 Å². The highest BCUT2D eigenvalue weighted by molar-refractivity contribution is 5.95. The van der Waals surface area contributed by atoms with Gasteiger partial charge in [0.2, 0.25) is 0 Å². The highest BCUT2D eigenvalue weighted by atomic mass is 16.6. The van der Waals surface area contributed by atoms with Gasteiger partial charge in [0.05, 0.1) is 4.92 Å². The van der Waals surface area contributed by atoms with Crippen LogP contribution in [0.4, 0.5) is 11.4 Å². The number of carbonyl (C=O) groups is 1. The second kappa shape index (κ2) is 7.58. The van der Waals surface area contributed by atoms with E-state index in [9.17, 15) is 20.0 Å². The third-order valence-electron chi connectivity index (χ3n) is 4.87. The number of anilines is 1. The standard InChI is InChI=1S/C19H18N6O4/c26-16-4-2-15(3-5-16)22-7-9-23(10-8-22)19(27)14-1-6-17(18(11-14)25(28)29)24-13-20-12-21-24/h1-6,11-13,26H,7-10H2. The molecule has 0 aliphatic carbocycles. The maximum Gasteiger partial charge on any atom is 0.295 e. The number of benzene rings is 2. The van der Waals surface area contributed by atoms with E-state index in [2.05, 4.69) is 15.0 Å². The molecule has 1 aliphatic rings. The smallest absolute Gasteiger partial charge is 0.295 e. The van der Waals surface area contributed by atoms with Crippen LogP contribution >= 0.6 is 0 Å². The molecule has 10 nitrogen and oxygen atoms in total. The second-order valence-electron chi connectivity index (χ2n) is 6.60. The van der Waals surface area contributed by atoms with Crippen molar-refractivity contribution < 1.29 is 14.8 Å². The lowest BCUT2D eigenvalue weighted by Crippen LogP contribution is -2.48. The minimum absolute atomic E-state index is 0.205. The largest absolute Gasteiger partial charge is 0.508 e. The molecule has 2 aromatic carbocycles. The Bertz CT molecular complexity index is 1030. The van der Waals surface area contributed by atoms with Crippen molar-refractivity contribution in [3.05, 3.63) is 70.8 Å². The molecule has 29 heavy (non-hydrogen) atoms. The lowest BCUT2D eigenvalue weighted by atomic mass is 10.1. The van der Waals surface area contributed by atoms with Gasteiger partial charge in [0.1, 0.15) is 24.1 Å². The Hall–Kier alpha value is -3.95. The Morgan fingerprint density at radius 2 is 1.79 bits per heavy atom. The van der Waals surface area contributed by atoms with Crippen molar-refractivity contribution in [1.82, 2.24) is 19.7 Å². The predicted octanol–water partition coefficient (Wildman–Crippen LogP) is 1.84. The Morgan fingerprint density at radius 3 is 2.41 bits per heavy atom. The van der Waals surface area contributed by atoms with Gasteiger partial charge in [-0.25, -0.2) is 9.67 Å². The molecule has 4 rings (SSSR count). The van der Waals surface area contributed by atoms with Gasteiger partial charge in [0.15, 0.2) is 0 Å². The third-order valence-corrected chi connectivity index (χ3v) is 4.87. The zero-order valence-corrected chi connectivity index (χ0v) is 15.4. The molecule has 2 heterocycles. The molecular weight excluding hydrogens is 376 g/mol. The van der Waals surface area contributed by atoms with Crippen LogP contribution in [-0.2, 0) is 0 Å². The number of nitro groups is 1. The summed E-state index contributed by atoms with van der Waals surface area (Å²) in [5.74, 6) is -0.0397. The molecule has 148 valence electrons. The van der Waals surface area contributed by atoms with Gasteiger partial charge in [0.25, 0.3) is 11.6 Å². The summed E-state index contributed by atoms with van der Waals surface area (Å²) in [7, 11) is 0. The number of hydrogen-bond acceptors (Lipinski definition) is 7. The Kier molecular flexibility index (Phi) is 4.82. The first kappa shape index (κ1) is 18.4. The molecule has 1 fully saturated rings. The normalized spacial score (nSPS) is 14.1. The van der Waals surface area contributed by atoms with Crippen LogP contribution in [-0.4, -0.2) is 61.8 Å². The quantitative estimate of drug-likeness (QED) is 0.530. The summed E-state index contributed by atoms with van der Waals surface area (Å²) in [4.78, 5) is 31.4. The number of aromatic hydroxyl groups is 1. The summed E-state index contributed by atoms with van der Waals surface area (Å²) in [6.45, 7) is 2.27. The van der Waals surface area contributed by atoms with Crippen molar-refractivity contribution in [3.63, 3.8) is 0 Å². The topological polar surface area (TPSA) is 118 Å². The van der Waals surface area contributed by atoms with Crippen LogP contribution in [0, 0.1) is 10.1 Å². The van der Waals surface area contributed by atoms with E-state index in [1.807, 2.05) is 12.1 Å². The molecule has 0 atom stereocenters. The van der Waals surface area contributed by atoms with Gasteiger partial charge >= 0.3 is 0 Å². The molecule has 1 aliphatic heterocycles. The Balaban J connectivity index is 1.49. The number of rotatable bonds is 4. The van der Waals surface area contributed by atoms with Crippen LogP contribution in [0.1, 0.15) is 10.4 Å². The first-order valence-corrected chi connectivity index (χ1v) is 8.99. The van der Waals surface area contributed by atoms with Gasteiger partial charge in [0, 0.05) is 43.5 Å². The van der Waals surface area contributed by atoms with Gasteiger partial charge in [-0.1, -0.05) is 0 Å². The third kappa shape index (κ3) is 3.72. The first-order chi connectivity index (χ1) is 14.0. The number of aromatic nitrogens is 3. The molecule has 0 saturated carbocycles. The summed E-state index contributed by atoms with van der Waals surface area (Å²) in [5, 5.41) is 24.8. The average Bonchev–Trinajstić information content (AvgIpc) is 3.28. The maximum absolute atomic E-state index is 12.9. The molecule has 1 amide bonds. The molecule has 0 bridgehead atoms. The number of hydrogen-bond donors (Lipinski definition) is 1. The van der Waals surface area contributed by atoms with Gasteiger partial charge in [-0.3, -0.25) is 14.9 Å². The molecule has 10 heteroatoms. The van der Waals surface area contributed by atoms with Gasteiger partial charge < -0.3 is 14.9 Å². The lowest BCUT2D eigenvalue weighted by molar-refractivity contribution is -0.384.